The van der Waals surface area contributed by atoms with Gasteiger partial charge in [0.15, 0.2) is 0 Å². The van der Waals surface area contributed by atoms with Gasteiger partial charge in [-0.15, -0.1) is 0 Å². The Morgan fingerprint density at radius 3 is 1.83 bits per heavy atom. The van der Waals surface area contributed by atoms with E-state index in [1.807, 2.05) is 18.2 Å². The van der Waals surface area contributed by atoms with Gasteiger partial charge in [0.2, 0.25) is 0 Å². The monoisotopic (exact) mass is 666 g/mol. The smallest absolute Gasteiger partial charge is 0.135 e. The van der Waals surface area contributed by atoms with Crippen molar-refractivity contribution in [1.29, 1.82) is 0 Å². The molecule has 3 aromatic heterocycles. The number of allylic oxidation sites excluding steroid dienone is 5. The third-order valence-corrected chi connectivity index (χ3v) is 10.4. The number of hydrogen-bond acceptors (Lipinski definition) is 1. The van der Waals surface area contributed by atoms with Gasteiger partial charge in [0, 0.05) is 43.7 Å². The molecule has 7 aromatic carbocycles. The third-order valence-electron chi connectivity index (χ3n) is 10.4. The molecule has 52 heavy (non-hydrogen) atoms. The molecule has 0 unspecified atom stereocenters. The first-order chi connectivity index (χ1) is 25.7. The minimum Gasteiger partial charge on any atom is -0.456 e. The lowest BCUT2D eigenvalue weighted by atomic mass is 10.0. The zero-order valence-electron chi connectivity index (χ0n) is 28.8. The maximum absolute atomic E-state index is 6.12. The summed E-state index contributed by atoms with van der Waals surface area (Å²) >= 11 is 0. The van der Waals surface area contributed by atoms with Crippen molar-refractivity contribution in [3.05, 3.63) is 183 Å². The van der Waals surface area contributed by atoms with Crippen LogP contribution in [0.1, 0.15) is 6.92 Å². The lowest BCUT2D eigenvalue weighted by molar-refractivity contribution is 0.669. The maximum Gasteiger partial charge on any atom is 0.135 e. The van der Waals surface area contributed by atoms with Crippen LogP contribution in [0.25, 0.3) is 99.2 Å². The second kappa shape index (κ2) is 11.9. The highest BCUT2D eigenvalue weighted by molar-refractivity contribution is 6.13. The summed E-state index contributed by atoms with van der Waals surface area (Å²) in [6.45, 7) is 6.03. The Morgan fingerprint density at radius 1 is 0.500 bits per heavy atom. The van der Waals surface area contributed by atoms with Crippen molar-refractivity contribution >= 4 is 71.2 Å². The van der Waals surface area contributed by atoms with E-state index in [1.54, 1.807) is 0 Å². The van der Waals surface area contributed by atoms with E-state index >= 15 is 0 Å². The van der Waals surface area contributed by atoms with Crippen LogP contribution < -0.4 is 0 Å². The number of rotatable bonds is 6. The van der Waals surface area contributed by atoms with Gasteiger partial charge in [-0.2, -0.15) is 0 Å². The average Bonchev–Trinajstić information content (AvgIpc) is 3.85. The summed E-state index contributed by atoms with van der Waals surface area (Å²) in [5.41, 5.74) is 13.5. The molecule has 0 saturated carbocycles. The normalized spacial score (nSPS) is 12.4. The minimum atomic E-state index is 0.909. The molecule has 10 aromatic rings. The average molecular weight is 667 g/mol. The summed E-state index contributed by atoms with van der Waals surface area (Å²) in [6.07, 6.45) is 8.14. The van der Waals surface area contributed by atoms with E-state index in [0.29, 0.717) is 0 Å². The highest BCUT2D eigenvalue weighted by Gasteiger charge is 2.17. The Morgan fingerprint density at radius 2 is 1.06 bits per heavy atom. The number of aromatic nitrogens is 2. The number of hydrogen-bond donors (Lipinski definition) is 0. The van der Waals surface area contributed by atoms with E-state index < -0.39 is 0 Å². The predicted molar refractivity (Wildman–Crippen MR) is 221 cm³/mol. The Bertz CT molecular complexity index is 3110. The molecule has 0 atom stereocenters. The van der Waals surface area contributed by atoms with Crippen LogP contribution in [0.2, 0.25) is 0 Å². The van der Waals surface area contributed by atoms with Crippen molar-refractivity contribution in [2.45, 2.75) is 6.92 Å². The molecule has 0 N–H and O–H groups in total. The lowest BCUT2D eigenvalue weighted by Gasteiger charge is -2.11. The summed E-state index contributed by atoms with van der Waals surface area (Å²) in [5, 5.41) is 7.21. The molecule has 0 spiro atoms. The van der Waals surface area contributed by atoms with Crippen LogP contribution in [0.15, 0.2) is 187 Å². The quantitative estimate of drug-likeness (QED) is 0.162. The molecule has 3 heterocycles. The number of furan rings is 1. The van der Waals surface area contributed by atoms with Crippen LogP contribution >= 0.6 is 0 Å². The fourth-order valence-corrected chi connectivity index (χ4v) is 8.09. The summed E-state index contributed by atoms with van der Waals surface area (Å²) in [4.78, 5) is 0. The summed E-state index contributed by atoms with van der Waals surface area (Å²) < 4.78 is 10.8. The van der Waals surface area contributed by atoms with Gasteiger partial charge in [0.1, 0.15) is 11.2 Å². The number of nitrogens with zero attached hydrogens (tertiary/aromatic N) is 2. The molecule has 0 radical (unpaired) electrons. The first-order valence-corrected chi connectivity index (χ1v) is 17.7. The molecule has 0 fully saturated rings. The van der Waals surface area contributed by atoms with Crippen LogP contribution in [0.4, 0.5) is 0 Å². The van der Waals surface area contributed by atoms with Gasteiger partial charge < -0.3 is 13.6 Å². The summed E-state index contributed by atoms with van der Waals surface area (Å²) in [5.74, 6) is 0. The maximum atomic E-state index is 6.12. The SMILES string of the molecule is C=C/C=C(\C=C/C)n1c2ccccc2c2cc(-c3ccc4c(c3)c3ccccc3n4-c3cccc(-c4ccc5oc6ccccc6c5c4)c3)ccc21. The van der Waals surface area contributed by atoms with Gasteiger partial charge in [-0.25, -0.2) is 0 Å². The van der Waals surface area contributed by atoms with Crippen molar-refractivity contribution < 1.29 is 4.42 Å². The molecular formula is C49H34N2O. The fourth-order valence-electron chi connectivity index (χ4n) is 8.09. The minimum absolute atomic E-state index is 0.909. The number of para-hydroxylation sites is 3. The zero-order valence-corrected chi connectivity index (χ0v) is 28.8. The van der Waals surface area contributed by atoms with Crippen LogP contribution in [0, 0.1) is 0 Å². The Balaban J connectivity index is 1.11. The molecule has 0 saturated heterocycles. The first-order valence-electron chi connectivity index (χ1n) is 17.7. The van der Waals surface area contributed by atoms with Crippen molar-refractivity contribution in [3.8, 4) is 27.9 Å². The second-order valence-electron chi connectivity index (χ2n) is 13.4. The topological polar surface area (TPSA) is 23.0 Å². The fraction of sp³-hybridized carbons (Fsp3) is 0.0204. The Labute approximate surface area is 301 Å². The van der Waals surface area contributed by atoms with Crippen LogP contribution in [-0.2, 0) is 0 Å². The van der Waals surface area contributed by atoms with Crippen molar-refractivity contribution in [1.82, 2.24) is 9.13 Å². The van der Waals surface area contributed by atoms with Crippen molar-refractivity contribution in [2.75, 3.05) is 0 Å². The molecular weight excluding hydrogens is 633 g/mol. The van der Waals surface area contributed by atoms with Gasteiger partial charge in [-0.1, -0.05) is 104 Å². The van der Waals surface area contributed by atoms with Gasteiger partial charge >= 0.3 is 0 Å². The van der Waals surface area contributed by atoms with E-state index in [0.717, 1.165) is 33.3 Å². The highest BCUT2D eigenvalue weighted by atomic mass is 16.3. The first kappa shape index (κ1) is 30.0. The van der Waals surface area contributed by atoms with Gasteiger partial charge in [0.25, 0.3) is 0 Å². The van der Waals surface area contributed by atoms with E-state index in [4.69, 9.17) is 4.42 Å². The third kappa shape index (κ3) is 4.60. The van der Waals surface area contributed by atoms with E-state index in [2.05, 4.69) is 180 Å². The summed E-state index contributed by atoms with van der Waals surface area (Å²) in [7, 11) is 0. The number of fused-ring (bicyclic) bond motifs is 9. The predicted octanol–water partition coefficient (Wildman–Crippen LogP) is 13.7. The molecule has 10 rings (SSSR count). The Hall–Kier alpha value is -6.84. The van der Waals surface area contributed by atoms with Crippen LogP contribution in [0.3, 0.4) is 0 Å². The van der Waals surface area contributed by atoms with Crippen LogP contribution in [0.5, 0.6) is 0 Å². The molecule has 0 aliphatic carbocycles. The van der Waals surface area contributed by atoms with Gasteiger partial charge in [-0.3, -0.25) is 0 Å². The van der Waals surface area contributed by atoms with Gasteiger partial charge in [-0.05, 0) is 108 Å². The molecule has 3 nitrogen and oxygen atoms in total. The van der Waals surface area contributed by atoms with Gasteiger partial charge in [0.05, 0.1) is 22.1 Å². The second-order valence-corrected chi connectivity index (χ2v) is 13.4. The van der Waals surface area contributed by atoms with Crippen molar-refractivity contribution in [3.63, 3.8) is 0 Å². The van der Waals surface area contributed by atoms with E-state index in [1.165, 1.54) is 65.9 Å². The van der Waals surface area contributed by atoms with Crippen molar-refractivity contribution in [2.24, 2.45) is 0 Å². The molecule has 0 bridgehead atoms. The lowest BCUT2D eigenvalue weighted by Crippen LogP contribution is -1.94. The number of benzene rings is 7. The highest BCUT2D eigenvalue weighted by Crippen LogP contribution is 2.39. The molecule has 3 heteroatoms. The zero-order chi connectivity index (χ0) is 34.8. The molecule has 246 valence electrons. The van der Waals surface area contributed by atoms with Crippen LogP contribution in [-0.4, -0.2) is 9.13 Å². The van der Waals surface area contributed by atoms with E-state index in [9.17, 15) is 0 Å². The molecule has 0 aliphatic rings. The molecule has 0 amide bonds. The standard InChI is InChI=1S/C49H34N2O/c1-3-12-36(13-4-2)50-44-19-8-5-16-38(44)41-29-33(22-25-46(41)50)34-23-26-47-42(30-34)39-17-6-9-20-45(39)51(47)37-15-11-14-32(28-37)35-24-27-49-43(31-35)40-18-7-10-21-48(40)52-49/h3-31H,1H2,2H3/b13-4-,36-12+. The Kier molecular flexibility index (Phi) is 6.87. The summed E-state index contributed by atoms with van der Waals surface area (Å²) in [6, 6.07) is 54.8. The molecule has 0 aliphatic heterocycles. The van der Waals surface area contributed by atoms with E-state index in [-0.39, 0.29) is 0 Å². The largest absolute Gasteiger partial charge is 0.456 e.